The zero-order valence-electron chi connectivity index (χ0n) is 11.6. The van der Waals surface area contributed by atoms with Crippen LogP contribution in [-0.2, 0) is 4.79 Å². The van der Waals surface area contributed by atoms with Crippen molar-refractivity contribution in [2.45, 2.75) is 19.8 Å². The number of nitro groups is 1. The van der Waals surface area contributed by atoms with Gasteiger partial charge in [0.2, 0.25) is 5.91 Å². The highest BCUT2D eigenvalue weighted by Crippen LogP contribution is 2.18. The number of hydrogen-bond donors (Lipinski definition) is 3. The maximum absolute atomic E-state index is 12.0. The standard InChI is InChI=1S/C12H17N5O4/c1-2-14-11-9(6-8(7-16-11)17(20)21)12(19)15-5-3-4-10(13)18/h6-7H,2-5H2,1H3,(H2,13,18)(H,14,16)(H,15,19). The van der Waals surface area contributed by atoms with E-state index in [1.54, 1.807) is 0 Å². The van der Waals surface area contributed by atoms with Gasteiger partial charge in [0, 0.05) is 25.6 Å². The van der Waals surface area contributed by atoms with Gasteiger partial charge in [-0.1, -0.05) is 0 Å². The van der Waals surface area contributed by atoms with Gasteiger partial charge in [-0.15, -0.1) is 0 Å². The van der Waals surface area contributed by atoms with Crippen molar-refractivity contribution in [3.63, 3.8) is 0 Å². The fourth-order valence-corrected chi connectivity index (χ4v) is 1.59. The molecule has 0 spiro atoms. The van der Waals surface area contributed by atoms with Gasteiger partial charge in [-0.3, -0.25) is 19.7 Å². The van der Waals surface area contributed by atoms with Gasteiger partial charge in [-0.05, 0) is 13.3 Å². The number of rotatable bonds is 8. The van der Waals surface area contributed by atoms with Gasteiger partial charge >= 0.3 is 0 Å². The Hall–Kier alpha value is -2.71. The molecule has 0 aliphatic heterocycles. The molecule has 0 aromatic carbocycles. The summed E-state index contributed by atoms with van der Waals surface area (Å²) in [4.78, 5) is 36.6. The third-order valence-electron chi connectivity index (χ3n) is 2.56. The Balaban J connectivity index is 2.81. The number of aromatic nitrogens is 1. The highest BCUT2D eigenvalue weighted by atomic mass is 16.6. The molecule has 1 aromatic heterocycles. The molecule has 21 heavy (non-hydrogen) atoms. The molecule has 4 N–H and O–H groups in total. The Morgan fingerprint density at radius 3 is 2.76 bits per heavy atom. The SMILES string of the molecule is CCNc1ncc([N+](=O)[O-])cc1C(=O)NCCCC(N)=O. The minimum Gasteiger partial charge on any atom is -0.370 e. The second-order valence-corrected chi connectivity index (χ2v) is 4.20. The molecule has 114 valence electrons. The Morgan fingerprint density at radius 2 is 2.19 bits per heavy atom. The summed E-state index contributed by atoms with van der Waals surface area (Å²) in [5.41, 5.74) is 4.81. The predicted molar refractivity (Wildman–Crippen MR) is 75.8 cm³/mol. The van der Waals surface area contributed by atoms with E-state index in [-0.39, 0.29) is 30.0 Å². The van der Waals surface area contributed by atoms with Crippen molar-refractivity contribution in [3.8, 4) is 0 Å². The number of primary amides is 1. The van der Waals surface area contributed by atoms with Crippen molar-refractivity contribution >= 4 is 23.3 Å². The molecule has 0 fully saturated rings. The van der Waals surface area contributed by atoms with Crippen LogP contribution < -0.4 is 16.4 Å². The molecule has 0 unspecified atom stereocenters. The lowest BCUT2D eigenvalue weighted by molar-refractivity contribution is -0.385. The van der Waals surface area contributed by atoms with Gasteiger partial charge < -0.3 is 16.4 Å². The molecule has 0 bridgehead atoms. The summed E-state index contributed by atoms with van der Waals surface area (Å²) in [5, 5.41) is 16.2. The van der Waals surface area contributed by atoms with Crippen LogP contribution in [0.4, 0.5) is 11.5 Å². The number of nitrogens with zero attached hydrogens (tertiary/aromatic N) is 2. The molecule has 1 heterocycles. The lowest BCUT2D eigenvalue weighted by Gasteiger charge is -2.09. The number of nitrogens with two attached hydrogens (primary N) is 1. The summed E-state index contributed by atoms with van der Waals surface area (Å²) >= 11 is 0. The average Bonchev–Trinajstić information content (AvgIpc) is 2.43. The van der Waals surface area contributed by atoms with Crippen LogP contribution in [0.15, 0.2) is 12.3 Å². The van der Waals surface area contributed by atoms with Gasteiger partial charge in [0.1, 0.15) is 12.0 Å². The third-order valence-corrected chi connectivity index (χ3v) is 2.56. The molecular formula is C12H17N5O4. The van der Waals surface area contributed by atoms with E-state index in [9.17, 15) is 19.7 Å². The van der Waals surface area contributed by atoms with Crippen LogP contribution in [-0.4, -0.2) is 34.8 Å². The van der Waals surface area contributed by atoms with Gasteiger partial charge in [0.05, 0.1) is 10.5 Å². The number of pyridine rings is 1. The number of amides is 2. The van der Waals surface area contributed by atoms with E-state index in [0.717, 1.165) is 12.3 Å². The minimum absolute atomic E-state index is 0.0881. The predicted octanol–water partition coefficient (Wildman–Crippen LogP) is 0.417. The zero-order chi connectivity index (χ0) is 15.8. The first-order chi connectivity index (χ1) is 9.95. The second-order valence-electron chi connectivity index (χ2n) is 4.20. The van der Waals surface area contributed by atoms with Crippen molar-refractivity contribution in [1.29, 1.82) is 0 Å². The van der Waals surface area contributed by atoms with E-state index in [1.165, 1.54) is 0 Å². The Labute approximate surface area is 121 Å². The van der Waals surface area contributed by atoms with Crippen molar-refractivity contribution in [2.24, 2.45) is 5.73 Å². The first kappa shape index (κ1) is 16.3. The van der Waals surface area contributed by atoms with Crippen molar-refractivity contribution in [1.82, 2.24) is 10.3 Å². The summed E-state index contributed by atoms with van der Waals surface area (Å²) < 4.78 is 0. The number of carbonyl (C=O) groups excluding carboxylic acids is 2. The maximum Gasteiger partial charge on any atom is 0.288 e. The van der Waals surface area contributed by atoms with E-state index in [4.69, 9.17) is 5.73 Å². The summed E-state index contributed by atoms with van der Waals surface area (Å²) in [6.45, 7) is 2.58. The number of hydrogen-bond acceptors (Lipinski definition) is 6. The van der Waals surface area contributed by atoms with Crippen molar-refractivity contribution in [3.05, 3.63) is 27.9 Å². The Kier molecular flexibility index (Phi) is 6.05. The maximum atomic E-state index is 12.0. The van der Waals surface area contributed by atoms with Crippen LogP contribution in [0, 0.1) is 10.1 Å². The number of anilines is 1. The molecule has 0 aliphatic carbocycles. The quantitative estimate of drug-likeness (QED) is 0.360. The van der Waals surface area contributed by atoms with Crippen LogP contribution in [0.3, 0.4) is 0 Å². The largest absolute Gasteiger partial charge is 0.370 e. The Bertz CT molecular complexity index is 546. The summed E-state index contributed by atoms with van der Waals surface area (Å²) in [5.74, 6) is -0.670. The molecule has 0 atom stereocenters. The Morgan fingerprint density at radius 1 is 1.48 bits per heavy atom. The summed E-state index contributed by atoms with van der Waals surface area (Å²) in [7, 11) is 0. The first-order valence-electron chi connectivity index (χ1n) is 6.40. The fraction of sp³-hybridized carbons (Fsp3) is 0.417. The topological polar surface area (TPSA) is 140 Å². The third kappa shape index (κ3) is 5.05. The summed E-state index contributed by atoms with van der Waals surface area (Å²) in [6.07, 6.45) is 1.65. The molecule has 2 amide bonds. The molecule has 0 aliphatic rings. The smallest absolute Gasteiger partial charge is 0.288 e. The number of nitrogens with one attached hydrogen (secondary N) is 2. The molecule has 1 rings (SSSR count). The molecule has 9 nitrogen and oxygen atoms in total. The van der Waals surface area contributed by atoms with Gasteiger partial charge in [-0.2, -0.15) is 0 Å². The molecule has 0 saturated heterocycles. The lowest BCUT2D eigenvalue weighted by atomic mass is 10.2. The van der Waals surface area contributed by atoms with Crippen LogP contribution in [0.5, 0.6) is 0 Å². The molecule has 1 aromatic rings. The van der Waals surface area contributed by atoms with Crippen molar-refractivity contribution in [2.75, 3.05) is 18.4 Å². The van der Waals surface area contributed by atoms with E-state index in [1.807, 2.05) is 6.92 Å². The lowest BCUT2D eigenvalue weighted by Crippen LogP contribution is -2.27. The number of carbonyl (C=O) groups is 2. The highest BCUT2D eigenvalue weighted by Gasteiger charge is 2.17. The molecule has 9 heteroatoms. The van der Waals surface area contributed by atoms with Crippen LogP contribution in [0.25, 0.3) is 0 Å². The first-order valence-corrected chi connectivity index (χ1v) is 6.40. The van der Waals surface area contributed by atoms with Crippen LogP contribution in [0.1, 0.15) is 30.1 Å². The van der Waals surface area contributed by atoms with Crippen LogP contribution >= 0.6 is 0 Å². The van der Waals surface area contributed by atoms with Gasteiger partial charge in [-0.25, -0.2) is 4.98 Å². The van der Waals surface area contributed by atoms with Crippen LogP contribution in [0.2, 0.25) is 0 Å². The summed E-state index contributed by atoms with van der Waals surface area (Å²) in [6, 6.07) is 1.16. The average molecular weight is 295 g/mol. The van der Waals surface area contributed by atoms with Gasteiger partial charge in [0.15, 0.2) is 0 Å². The molecule has 0 radical (unpaired) electrons. The van der Waals surface area contributed by atoms with E-state index in [2.05, 4.69) is 15.6 Å². The normalized spacial score (nSPS) is 9.95. The molecular weight excluding hydrogens is 278 g/mol. The van der Waals surface area contributed by atoms with Gasteiger partial charge in [0.25, 0.3) is 11.6 Å². The highest BCUT2D eigenvalue weighted by molar-refractivity contribution is 5.99. The van der Waals surface area contributed by atoms with E-state index in [0.29, 0.717) is 13.0 Å². The van der Waals surface area contributed by atoms with E-state index >= 15 is 0 Å². The van der Waals surface area contributed by atoms with Crippen molar-refractivity contribution < 1.29 is 14.5 Å². The van der Waals surface area contributed by atoms with E-state index < -0.39 is 16.7 Å². The monoisotopic (exact) mass is 295 g/mol. The fourth-order valence-electron chi connectivity index (χ4n) is 1.59. The molecule has 0 saturated carbocycles. The zero-order valence-corrected chi connectivity index (χ0v) is 11.6. The minimum atomic E-state index is -0.618. The second kappa shape index (κ2) is 7.78.